The van der Waals surface area contributed by atoms with Crippen LogP contribution in [0.4, 0.5) is 23.2 Å². The summed E-state index contributed by atoms with van der Waals surface area (Å²) in [6.07, 6.45) is -6.36. The van der Waals surface area contributed by atoms with Gasteiger partial charge < -0.3 is 14.7 Å². The van der Waals surface area contributed by atoms with E-state index in [0.717, 1.165) is 0 Å². The third-order valence-electron chi connectivity index (χ3n) is 4.36. The number of aliphatic carboxylic acids is 1. The van der Waals surface area contributed by atoms with Gasteiger partial charge in [0.05, 0.1) is 11.1 Å². The maximum absolute atomic E-state index is 13.8. The molecule has 148 valence electrons. The molecule has 1 aliphatic heterocycles. The highest BCUT2D eigenvalue weighted by atomic mass is 19.4. The number of carboxylic acids is 1. The normalized spacial score (nSPS) is 16.9. The third-order valence-corrected chi connectivity index (χ3v) is 4.36. The van der Waals surface area contributed by atoms with Crippen molar-refractivity contribution in [2.75, 3.05) is 11.5 Å². The molecule has 1 heterocycles. The summed E-state index contributed by atoms with van der Waals surface area (Å²) in [5, 5.41) is 9.60. The van der Waals surface area contributed by atoms with E-state index in [-0.39, 0.29) is 24.4 Å². The van der Waals surface area contributed by atoms with Crippen molar-refractivity contribution >= 4 is 17.2 Å². The number of carbonyl (C=O) groups is 1. The lowest BCUT2D eigenvalue weighted by Crippen LogP contribution is -2.45. The van der Waals surface area contributed by atoms with E-state index < -0.39 is 35.3 Å². The maximum Gasteiger partial charge on any atom is 0.417 e. The average Bonchev–Trinajstić information content (AvgIpc) is 2.62. The van der Waals surface area contributed by atoms with Crippen molar-refractivity contribution in [3.05, 3.63) is 71.0 Å². The number of carboxylic acid groups (broad SMARTS) is 1. The van der Waals surface area contributed by atoms with E-state index in [2.05, 4.69) is 0 Å². The van der Waals surface area contributed by atoms with Crippen LogP contribution >= 0.6 is 0 Å². The fraction of sp³-hybridized carbons (Fsp3) is 0.250. The minimum Gasteiger partial charge on any atom is -0.478 e. The summed E-state index contributed by atoms with van der Waals surface area (Å²) in [7, 11) is 0. The molecule has 0 fully saturated rings. The molecule has 0 radical (unpaired) electrons. The van der Waals surface area contributed by atoms with Crippen molar-refractivity contribution in [3.8, 4) is 0 Å². The number of para-hydroxylation sites is 1. The SMILES string of the molecule is CCOC1C(C(=O)O)=C(C(F)(F)F)c2ccccc2N1Cc1cccc(F)c1. The third kappa shape index (κ3) is 3.73. The van der Waals surface area contributed by atoms with Crippen molar-refractivity contribution in [3.63, 3.8) is 0 Å². The highest BCUT2D eigenvalue weighted by Gasteiger charge is 2.47. The van der Waals surface area contributed by atoms with Crippen LogP contribution in [0.5, 0.6) is 0 Å². The second-order valence-electron chi connectivity index (χ2n) is 6.17. The molecule has 1 aliphatic rings. The lowest BCUT2D eigenvalue weighted by atomic mass is 9.91. The van der Waals surface area contributed by atoms with E-state index in [4.69, 9.17) is 4.74 Å². The zero-order valence-corrected chi connectivity index (χ0v) is 14.8. The van der Waals surface area contributed by atoms with E-state index in [1.54, 1.807) is 19.1 Å². The summed E-state index contributed by atoms with van der Waals surface area (Å²) < 4.78 is 60.4. The first-order chi connectivity index (χ1) is 13.2. The van der Waals surface area contributed by atoms with Crippen LogP contribution in [-0.4, -0.2) is 30.1 Å². The first-order valence-corrected chi connectivity index (χ1v) is 8.50. The number of fused-ring (bicyclic) bond motifs is 1. The molecule has 0 spiro atoms. The summed E-state index contributed by atoms with van der Waals surface area (Å²) in [6, 6.07) is 11.2. The van der Waals surface area contributed by atoms with Crippen molar-refractivity contribution in [1.82, 2.24) is 0 Å². The van der Waals surface area contributed by atoms with Gasteiger partial charge in [-0.15, -0.1) is 0 Å². The molecule has 1 N–H and O–H groups in total. The Balaban J connectivity index is 2.23. The molecule has 0 bridgehead atoms. The van der Waals surface area contributed by atoms with Gasteiger partial charge in [-0.1, -0.05) is 30.3 Å². The second-order valence-corrected chi connectivity index (χ2v) is 6.17. The molecule has 0 amide bonds. The Kier molecular flexibility index (Phi) is 5.42. The molecular weight excluding hydrogens is 378 g/mol. The Hall–Kier alpha value is -2.87. The molecule has 4 nitrogen and oxygen atoms in total. The summed E-state index contributed by atoms with van der Waals surface area (Å²) in [4.78, 5) is 13.2. The van der Waals surface area contributed by atoms with E-state index in [0.29, 0.717) is 5.56 Å². The van der Waals surface area contributed by atoms with Gasteiger partial charge in [-0.05, 0) is 30.7 Å². The number of hydrogen-bond acceptors (Lipinski definition) is 3. The molecule has 1 unspecified atom stereocenters. The minimum absolute atomic E-state index is 0.00555. The smallest absolute Gasteiger partial charge is 0.417 e. The van der Waals surface area contributed by atoms with E-state index >= 15 is 0 Å². The molecule has 0 saturated heterocycles. The summed E-state index contributed by atoms with van der Waals surface area (Å²) in [5.74, 6) is -2.22. The number of ether oxygens (including phenoxy) is 1. The van der Waals surface area contributed by atoms with Gasteiger partial charge in [-0.3, -0.25) is 0 Å². The molecule has 0 aliphatic carbocycles. The van der Waals surface area contributed by atoms with Crippen LogP contribution in [0.2, 0.25) is 0 Å². The van der Waals surface area contributed by atoms with Gasteiger partial charge in [0.2, 0.25) is 0 Å². The van der Waals surface area contributed by atoms with Crippen LogP contribution in [0, 0.1) is 5.82 Å². The number of hydrogen-bond donors (Lipinski definition) is 1. The van der Waals surface area contributed by atoms with Gasteiger partial charge in [-0.2, -0.15) is 13.2 Å². The van der Waals surface area contributed by atoms with Gasteiger partial charge in [-0.25, -0.2) is 9.18 Å². The van der Waals surface area contributed by atoms with Crippen LogP contribution in [0.3, 0.4) is 0 Å². The molecule has 2 aromatic rings. The zero-order chi connectivity index (χ0) is 20.5. The minimum atomic E-state index is -4.88. The summed E-state index contributed by atoms with van der Waals surface area (Å²) >= 11 is 0. The molecule has 28 heavy (non-hydrogen) atoms. The fourth-order valence-electron chi connectivity index (χ4n) is 3.34. The Labute approximate surface area is 158 Å². The van der Waals surface area contributed by atoms with E-state index in [1.807, 2.05) is 0 Å². The van der Waals surface area contributed by atoms with Crippen LogP contribution in [-0.2, 0) is 16.1 Å². The standard InChI is InChI=1S/C20H17F4NO3/c1-2-28-18-16(19(26)27)17(20(22,23)24)14-8-3-4-9-15(14)25(18)11-12-6-5-7-13(21)10-12/h3-10,18H,2,11H2,1H3,(H,26,27). The predicted molar refractivity (Wildman–Crippen MR) is 95.0 cm³/mol. The molecule has 3 rings (SSSR count). The van der Waals surface area contributed by atoms with Crippen molar-refractivity contribution in [1.29, 1.82) is 0 Å². The Morgan fingerprint density at radius 2 is 1.89 bits per heavy atom. The maximum atomic E-state index is 13.8. The summed E-state index contributed by atoms with van der Waals surface area (Å²) in [5.41, 5.74) is -1.73. The molecular formula is C20H17F4NO3. The molecule has 2 aromatic carbocycles. The first-order valence-electron chi connectivity index (χ1n) is 8.50. The van der Waals surface area contributed by atoms with Crippen molar-refractivity contribution in [2.45, 2.75) is 25.9 Å². The van der Waals surface area contributed by atoms with E-state index in [9.17, 15) is 27.5 Å². The van der Waals surface area contributed by atoms with Crippen LogP contribution < -0.4 is 4.90 Å². The highest BCUT2D eigenvalue weighted by molar-refractivity contribution is 6.03. The lowest BCUT2D eigenvalue weighted by molar-refractivity contribution is -0.135. The largest absolute Gasteiger partial charge is 0.478 e. The number of alkyl halides is 3. The predicted octanol–water partition coefficient (Wildman–Crippen LogP) is 4.61. The van der Waals surface area contributed by atoms with Crippen LogP contribution in [0.15, 0.2) is 54.1 Å². The van der Waals surface area contributed by atoms with Crippen molar-refractivity contribution in [2.24, 2.45) is 0 Å². The number of anilines is 1. The van der Waals surface area contributed by atoms with E-state index in [1.165, 1.54) is 41.3 Å². The molecule has 0 saturated carbocycles. The van der Waals surface area contributed by atoms with Gasteiger partial charge in [0.25, 0.3) is 0 Å². The molecule has 8 heteroatoms. The molecule has 0 aromatic heterocycles. The average molecular weight is 395 g/mol. The van der Waals surface area contributed by atoms with Crippen LogP contribution in [0.1, 0.15) is 18.1 Å². The van der Waals surface area contributed by atoms with Crippen LogP contribution in [0.25, 0.3) is 5.57 Å². The van der Waals surface area contributed by atoms with Gasteiger partial charge >= 0.3 is 12.1 Å². The Bertz CT molecular complexity index is 924. The summed E-state index contributed by atoms with van der Waals surface area (Å²) in [6.45, 7) is 1.53. The number of nitrogens with zero attached hydrogens (tertiary/aromatic N) is 1. The lowest BCUT2D eigenvalue weighted by Gasteiger charge is -2.40. The zero-order valence-electron chi connectivity index (χ0n) is 14.8. The number of rotatable bonds is 5. The quantitative estimate of drug-likeness (QED) is 0.752. The number of allylic oxidation sites excluding steroid dienone is 1. The second kappa shape index (κ2) is 7.63. The van der Waals surface area contributed by atoms with Gasteiger partial charge in [0.1, 0.15) is 5.82 Å². The van der Waals surface area contributed by atoms with Gasteiger partial charge in [0.15, 0.2) is 6.23 Å². The highest BCUT2D eigenvalue weighted by Crippen LogP contribution is 2.46. The Morgan fingerprint density at radius 1 is 1.18 bits per heavy atom. The van der Waals surface area contributed by atoms with Crippen molar-refractivity contribution < 1.29 is 32.2 Å². The molecule has 1 atom stereocenters. The number of halogens is 4. The fourth-order valence-corrected chi connectivity index (χ4v) is 3.34. The monoisotopic (exact) mass is 395 g/mol. The number of benzene rings is 2. The Morgan fingerprint density at radius 3 is 2.50 bits per heavy atom. The van der Waals surface area contributed by atoms with Gasteiger partial charge in [0, 0.05) is 24.4 Å². The topological polar surface area (TPSA) is 49.8 Å². The first kappa shape index (κ1) is 19.9.